The highest BCUT2D eigenvalue weighted by Crippen LogP contribution is 2.17. The standard InChI is InChI=1S/C17H16N4O2/c1-11-6-7-13(12(2)9-11)10-15(22)19-17-21-20-16(23-17)14-5-3-4-8-18-14/h3-9H,10H2,1-2H3,(H,19,21,22). The molecule has 0 fully saturated rings. The highest BCUT2D eigenvalue weighted by Gasteiger charge is 2.13. The number of aromatic nitrogens is 3. The number of nitrogens with zero attached hydrogens (tertiary/aromatic N) is 3. The first-order valence-corrected chi connectivity index (χ1v) is 7.23. The fourth-order valence-electron chi connectivity index (χ4n) is 2.25. The molecule has 1 amide bonds. The molecule has 0 atom stereocenters. The molecule has 0 bridgehead atoms. The van der Waals surface area contributed by atoms with Gasteiger partial charge in [0.1, 0.15) is 5.69 Å². The fraction of sp³-hybridized carbons (Fsp3) is 0.176. The van der Waals surface area contributed by atoms with Gasteiger partial charge < -0.3 is 4.42 Å². The third kappa shape index (κ3) is 3.60. The Labute approximate surface area is 133 Å². The molecule has 0 aliphatic heterocycles. The number of carbonyl (C=O) groups is 1. The Morgan fingerprint density at radius 3 is 2.78 bits per heavy atom. The van der Waals surface area contributed by atoms with E-state index in [0.717, 1.165) is 11.1 Å². The van der Waals surface area contributed by atoms with E-state index < -0.39 is 0 Å². The number of benzene rings is 1. The number of carbonyl (C=O) groups excluding carboxylic acids is 1. The molecule has 3 aromatic rings. The molecule has 6 heteroatoms. The quantitative estimate of drug-likeness (QED) is 0.801. The maximum Gasteiger partial charge on any atom is 0.322 e. The number of hydrogen-bond donors (Lipinski definition) is 1. The van der Waals surface area contributed by atoms with Crippen LogP contribution < -0.4 is 5.32 Å². The summed E-state index contributed by atoms with van der Waals surface area (Å²) in [5.41, 5.74) is 3.79. The van der Waals surface area contributed by atoms with Crippen molar-refractivity contribution in [1.29, 1.82) is 0 Å². The van der Waals surface area contributed by atoms with E-state index in [2.05, 4.69) is 26.6 Å². The number of pyridine rings is 1. The zero-order chi connectivity index (χ0) is 16.2. The molecular weight excluding hydrogens is 292 g/mol. The van der Waals surface area contributed by atoms with Gasteiger partial charge in [0.15, 0.2) is 0 Å². The predicted octanol–water partition coefficient (Wildman–Crippen LogP) is 2.93. The van der Waals surface area contributed by atoms with Crippen LogP contribution in [0.1, 0.15) is 16.7 Å². The summed E-state index contributed by atoms with van der Waals surface area (Å²) in [6, 6.07) is 11.4. The average Bonchev–Trinajstić information content (AvgIpc) is 2.99. The molecule has 116 valence electrons. The monoisotopic (exact) mass is 308 g/mol. The van der Waals surface area contributed by atoms with Gasteiger partial charge in [-0.1, -0.05) is 34.9 Å². The Morgan fingerprint density at radius 1 is 1.17 bits per heavy atom. The molecule has 2 heterocycles. The van der Waals surface area contributed by atoms with Gasteiger partial charge in [-0.05, 0) is 37.1 Å². The van der Waals surface area contributed by atoms with Crippen LogP contribution in [0.25, 0.3) is 11.6 Å². The van der Waals surface area contributed by atoms with Gasteiger partial charge in [-0.3, -0.25) is 15.1 Å². The molecule has 0 radical (unpaired) electrons. The van der Waals surface area contributed by atoms with Gasteiger partial charge in [0.25, 0.3) is 5.89 Å². The summed E-state index contributed by atoms with van der Waals surface area (Å²) in [4.78, 5) is 16.2. The Kier molecular flexibility index (Phi) is 4.14. The smallest absolute Gasteiger partial charge is 0.322 e. The van der Waals surface area contributed by atoms with Crippen LogP contribution in [-0.4, -0.2) is 21.1 Å². The normalized spacial score (nSPS) is 10.5. The zero-order valence-corrected chi connectivity index (χ0v) is 12.9. The highest BCUT2D eigenvalue weighted by molar-refractivity contribution is 5.90. The lowest BCUT2D eigenvalue weighted by Crippen LogP contribution is -2.15. The minimum atomic E-state index is -0.201. The summed E-state index contributed by atoms with van der Waals surface area (Å²) in [6.45, 7) is 4.01. The lowest BCUT2D eigenvalue weighted by Gasteiger charge is -2.06. The molecular formula is C17H16N4O2. The Balaban J connectivity index is 1.68. The molecule has 6 nitrogen and oxygen atoms in total. The molecule has 0 aliphatic rings. The van der Waals surface area contributed by atoms with Gasteiger partial charge in [0.05, 0.1) is 6.42 Å². The summed E-state index contributed by atoms with van der Waals surface area (Å²) in [7, 11) is 0. The Bertz CT molecular complexity index is 828. The predicted molar refractivity (Wildman–Crippen MR) is 85.8 cm³/mol. The van der Waals surface area contributed by atoms with Crippen molar-refractivity contribution < 1.29 is 9.21 Å². The molecule has 3 rings (SSSR count). The number of nitrogens with one attached hydrogen (secondary N) is 1. The lowest BCUT2D eigenvalue weighted by atomic mass is 10.0. The van der Waals surface area contributed by atoms with Gasteiger partial charge in [0, 0.05) is 6.20 Å². The number of aryl methyl sites for hydroxylation is 2. The van der Waals surface area contributed by atoms with E-state index in [-0.39, 0.29) is 24.2 Å². The van der Waals surface area contributed by atoms with Crippen LogP contribution in [0.5, 0.6) is 0 Å². The van der Waals surface area contributed by atoms with E-state index >= 15 is 0 Å². The van der Waals surface area contributed by atoms with E-state index in [1.165, 1.54) is 5.56 Å². The first kappa shape index (κ1) is 14.9. The van der Waals surface area contributed by atoms with Gasteiger partial charge >= 0.3 is 6.01 Å². The molecule has 2 aromatic heterocycles. The molecule has 0 saturated carbocycles. The summed E-state index contributed by atoms with van der Waals surface area (Å²) in [6.07, 6.45) is 1.89. The van der Waals surface area contributed by atoms with Crippen molar-refractivity contribution in [2.45, 2.75) is 20.3 Å². The molecule has 0 unspecified atom stereocenters. The van der Waals surface area contributed by atoms with Crippen LogP contribution in [0, 0.1) is 13.8 Å². The van der Waals surface area contributed by atoms with Gasteiger partial charge in [-0.25, -0.2) is 0 Å². The Hall–Kier alpha value is -3.02. The van der Waals surface area contributed by atoms with Crippen molar-refractivity contribution in [3.8, 4) is 11.6 Å². The third-order valence-electron chi connectivity index (χ3n) is 3.40. The average molecular weight is 308 g/mol. The number of hydrogen-bond acceptors (Lipinski definition) is 5. The molecule has 23 heavy (non-hydrogen) atoms. The fourth-order valence-corrected chi connectivity index (χ4v) is 2.25. The van der Waals surface area contributed by atoms with Crippen LogP contribution in [0.15, 0.2) is 47.0 Å². The third-order valence-corrected chi connectivity index (χ3v) is 3.40. The first-order valence-electron chi connectivity index (χ1n) is 7.23. The van der Waals surface area contributed by atoms with Crippen molar-refractivity contribution in [3.63, 3.8) is 0 Å². The second-order valence-corrected chi connectivity index (χ2v) is 5.28. The molecule has 0 saturated heterocycles. The summed E-state index contributed by atoms with van der Waals surface area (Å²) in [5.74, 6) is 0.0700. The van der Waals surface area contributed by atoms with Gasteiger partial charge in [-0.2, -0.15) is 0 Å². The van der Waals surface area contributed by atoms with E-state index in [1.54, 1.807) is 18.3 Å². The van der Waals surface area contributed by atoms with Crippen LogP contribution >= 0.6 is 0 Å². The Morgan fingerprint density at radius 2 is 2.04 bits per heavy atom. The van der Waals surface area contributed by atoms with E-state index in [0.29, 0.717) is 5.69 Å². The van der Waals surface area contributed by atoms with Crippen molar-refractivity contribution in [2.24, 2.45) is 0 Å². The van der Waals surface area contributed by atoms with Gasteiger partial charge in [0.2, 0.25) is 5.91 Å². The van der Waals surface area contributed by atoms with Crippen LogP contribution in [0.2, 0.25) is 0 Å². The van der Waals surface area contributed by atoms with E-state index in [1.807, 2.05) is 32.0 Å². The minimum Gasteiger partial charge on any atom is -0.401 e. The molecule has 1 aromatic carbocycles. The summed E-state index contributed by atoms with van der Waals surface area (Å²) < 4.78 is 5.41. The molecule has 1 N–H and O–H groups in total. The van der Waals surface area contributed by atoms with Crippen LogP contribution in [-0.2, 0) is 11.2 Å². The molecule has 0 spiro atoms. The first-order chi connectivity index (χ1) is 11.1. The molecule has 0 aliphatic carbocycles. The van der Waals surface area contributed by atoms with Gasteiger partial charge in [-0.15, -0.1) is 5.10 Å². The zero-order valence-electron chi connectivity index (χ0n) is 12.9. The second-order valence-electron chi connectivity index (χ2n) is 5.28. The lowest BCUT2D eigenvalue weighted by molar-refractivity contribution is -0.115. The summed E-state index contributed by atoms with van der Waals surface area (Å²) in [5, 5.41) is 10.3. The summed E-state index contributed by atoms with van der Waals surface area (Å²) >= 11 is 0. The highest BCUT2D eigenvalue weighted by atomic mass is 16.4. The number of amides is 1. The largest absolute Gasteiger partial charge is 0.401 e. The van der Waals surface area contributed by atoms with Crippen molar-refractivity contribution in [1.82, 2.24) is 15.2 Å². The van der Waals surface area contributed by atoms with E-state index in [4.69, 9.17) is 4.42 Å². The number of anilines is 1. The van der Waals surface area contributed by atoms with Crippen molar-refractivity contribution in [3.05, 3.63) is 59.3 Å². The van der Waals surface area contributed by atoms with Crippen molar-refractivity contribution >= 4 is 11.9 Å². The van der Waals surface area contributed by atoms with Crippen molar-refractivity contribution in [2.75, 3.05) is 5.32 Å². The van der Waals surface area contributed by atoms with Crippen LogP contribution in [0.3, 0.4) is 0 Å². The maximum absolute atomic E-state index is 12.1. The topological polar surface area (TPSA) is 80.9 Å². The van der Waals surface area contributed by atoms with E-state index in [9.17, 15) is 4.79 Å². The van der Waals surface area contributed by atoms with Crippen LogP contribution in [0.4, 0.5) is 6.01 Å². The maximum atomic E-state index is 12.1. The SMILES string of the molecule is Cc1ccc(CC(=O)Nc2nnc(-c3ccccn3)o2)c(C)c1. The number of rotatable bonds is 4. The minimum absolute atomic E-state index is 0.0698. The second kappa shape index (κ2) is 6.39.